The molecular formula is C18H27FN2. The minimum atomic E-state index is -0.143. The third-order valence-electron chi connectivity index (χ3n) is 5.54. The summed E-state index contributed by atoms with van der Waals surface area (Å²) in [6.07, 6.45) is 6.37. The second-order valence-corrected chi connectivity index (χ2v) is 6.78. The molecule has 0 radical (unpaired) electrons. The van der Waals surface area contributed by atoms with Crippen LogP contribution >= 0.6 is 0 Å². The lowest BCUT2D eigenvalue weighted by Gasteiger charge is -2.40. The van der Waals surface area contributed by atoms with Gasteiger partial charge in [0.25, 0.3) is 0 Å². The summed E-state index contributed by atoms with van der Waals surface area (Å²) in [6.45, 7) is 3.19. The molecule has 2 aliphatic rings. The second-order valence-electron chi connectivity index (χ2n) is 6.78. The maximum Gasteiger partial charge on any atom is 0.123 e. The second kappa shape index (κ2) is 6.45. The third kappa shape index (κ3) is 3.29. The average Bonchev–Trinajstić information content (AvgIpc) is 2.71. The van der Waals surface area contributed by atoms with Crippen molar-refractivity contribution >= 4 is 0 Å². The molecular weight excluding hydrogens is 263 g/mol. The predicted molar refractivity (Wildman–Crippen MR) is 84.9 cm³/mol. The van der Waals surface area contributed by atoms with Crippen LogP contribution in [0.25, 0.3) is 0 Å². The van der Waals surface area contributed by atoms with Gasteiger partial charge in [-0.2, -0.15) is 0 Å². The van der Waals surface area contributed by atoms with Gasteiger partial charge in [-0.3, -0.25) is 0 Å². The molecule has 0 amide bonds. The number of likely N-dealkylation sites (N-methyl/N-ethyl adjacent to an activating group) is 1. The van der Waals surface area contributed by atoms with Crippen LogP contribution in [-0.4, -0.2) is 36.6 Å². The molecule has 2 heterocycles. The normalized spacial score (nSPS) is 30.5. The van der Waals surface area contributed by atoms with Gasteiger partial charge < -0.3 is 10.2 Å². The molecule has 2 saturated heterocycles. The van der Waals surface area contributed by atoms with Gasteiger partial charge >= 0.3 is 0 Å². The predicted octanol–water partition coefficient (Wildman–Crippen LogP) is 3.22. The molecule has 0 aliphatic carbocycles. The number of nitrogens with one attached hydrogen (secondary N) is 1. The van der Waals surface area contributed by atoms with Gasteiger partial charge in [0.05, 0.1) is 0 Å². The Balaban J connectivity index is 1.68. The fourth-order valence-electron chi connectivity index (χ4n) is 4.32. The van der Waals surface area contributed by atoms with E-state index in [0.717, 1.165) is 31.0 Å². The highest BCUT2D eigenvalue weighted by Crippen LogP contribution is 2.39. The minimum absolute atomic E-state index is 0.143. The minimum Gasteiger partial charge on any atom is -0.314 e. The van der Waals surface area contributed by atoms with Crippen LogP contribution in [-0.2, 0) is 6.42 Å². The van der Waals surface area contributed by atoms with E-state index in [0.29, 0.717) is 6.04 Å². The lowest BCUT2D eigenvalue weighted by molar-refractivity contribution is 0.112. The van der Waals surface area contributed by atoms with E-state index in [9.17, 15) is 4.39 Å². The quantitative estimate of drug-likeness (QED) is 0.896. The molecule has 1 N–H and O–H groups in total. The molecule has 116 valence electrons. The molecule has 0 aromatic heterocycles. The van der Waals surface area contributed by atoms with Crippen molar-refractivity contribution in [3.8, 4) is 0 Å². The Morgan fingerprint density at radius 2 is 1.81 bits per heavy atom. The van der Waals surface area contributed by atoms with E-state index in [1.807, 2.05) is 12.1 Å². The molecule has 1 aromatic rings. The summed E-state index contributed by atoms with van der Waals surface area (Å²) in [5.41, 5.74) is 1.24. The molecule has 0 saturated carbocycles. The number of halogens is 1. The average molecular weight is 290 g/mol. The first-order chi connectivity index (χ1) is 10.2. The van der Waals surface area contributed by atoms with Crippen molar-refractivity contribution in [2.45, 2.75) is 57.2 Å². The number of fused-ring (bicyclic) bond motifs is 2. The Kier molecular flexibility index (Phi) is 4.60. The molecule has 1 aromatic carbocycles. The Morgan fingerprint density at radius 3 is 2.38 bits per heavy atom. The van der Waals surface area contributed by atoms with Gasteiger partial charge in [0.1, 0.15) is 5.82 Å². The fraction of sp³-hybridized carbons (Fsp3) is 0.667. The van der Waals surface area contributed by atoms with Gasteiger partial charge in [-0.05, 0) is 69.3 Å². The Labute approximate surface area is 127 Å². The molecule has 21 heavy (non-hydrogen) atoms. The van der Waals surface area contributed by atoms with Crippen molar-refractivity contribution in [2.75, 3.05) is 13.6 Å². The highest BCUT2D eigenvalue weighted by Gasteiger charge is 2.40. The molecule has 0 spiro atoms. The number of benzene rings is 1. The SMILES string of the molecule is CCNC(Cc1ccc(F)cc1)C1CC2CCC(C1)N2C. The zero-order chi connectivity index (χ0) is 14.8. The lowest BCUT2D eigenvalue weighted by atomic mass is 9.82. The molecule has 3 atom stereocenters. The number of rotatable bonds is 5. The van der Waals surface area contributed by atoms with Crippen LogP contribution < -0.4 is 5.32 Å². The molecule has 3 rings (SSSR count). The summed E-state index contributed by atoms with van der Waals surface area (Å²) in [7, 11) is 2.29. The monoisotopic (exact) mass is 290 g/mol. The van der Waals surface area contributed by atoms with Crippen molar-refractivity contribution in [2.24, 2.45) is 5.92 Å². The number of hydrogen-bond acceptors (Lipinski definition) is 2. The summed E-state index contributed by atoms with van der Waals surface area (Å²) < 4.78 is 13.1. The van der Waals surface area contributed by atoms with Crippen LogP contribution in [0.2, 0.25) is 0 Å². The Hall–Kier alpha value is -0.930. The van der Waals surface area contributed by atoms with Crippen LogP contribution in [0.5, 0.6) is 0 Å². The van der Waals surface area contributed by atoms with Gasteiger partial charge in [-0.1, -0.05) is 19.1 Å². The van der Waals surface area contributed by atoms with Gasteiger partial charge in [-0.25, -0.2) is 4.39 Å². The number of piperidine rings is 1. The van der Waals surface area contributed by atoms with Gasteiger partial charge in [0, 0.05) is 18.1 Å². The van der Waals surface area contributed by atoms with E-state index < -0.39 is 0 Å². The van der Waals surface area contributed by atoms with E-state index in [-0.39, 0.29) is 5.82 Å². The maximum atomic E-state index is 13.1. The molecule has 3 heteroatoms. The maximum absolute atomic E-state index is 13.1. The van der Waals surface area contributed by atoms with E-state index in [4.69, 9.17) is 0 Å². The fourth-order valence-corrected chi connectivity index (χ4v) is 4.32. The summed E-state index contributed by atoms with van der Waals surface area (Å²) in [5.74, 6) is 0.611. The first-order valence-electron chi connectivity index (χ1n) is 8.37. The standard InChI is InChI=1S/C18H27FN2/c1-3-20-18(10-13-4-6-15(19)7-5-13)14-11-16-8-9-17(12-14)21(16)2/h4-7,14,16-18,20H,3,8-12H2,1-2H3. The zero-order valence-corrected chi connectivity index (χ0v) is 13.2. The van der Waals surface area contributed by atoms with Crippen molar-refractivity contribution in [1.82, 2.24) is 10.2 Å². The summed E-state index contributed by atoms with van der Waals surface area (Å²) in [5, 5.41) is 3.69. The van der Waals surface area contributed by atoms with E-state index in [1.165, 1.54) is 31.2 Å². The van der Waals surface area contributed by atoms with Crippen molar-refractivity contribution < 1.29 is 4.39 Å². The van der Waals surface area contributed by atoms with Gasteiger partial charge in [0.15, 0.2) is 0 Å². The lowest BCUT2D eigenvalue weighted by Crippen LogP contribution is -2.47. The first-order valence-corrected chi connectivity index (χ1v) is 8.37. The highest BCUT2D eigenvalue weighted by molar-refractivity contribution is 5.17. The smallest absolute Gasteiger partial charge is 0.123 e. The number of hydrogen-bond donors (Lipinski definition) is 1. The first kappa shape index (κ1) is 15.0. The molecule has 2 bridgehead atoms. The van der Waals surface area contributed by atoms with Crippen molar-refractivity contribution in [1.29, 1.82) is 0 Å². The van der Waals surface area contributed by atoms with Gasteiger partial charge in [-0.15, -0.1) is 0 Å². The van der Waals surface area contributed by atoms with Crippen molar-refractivity contribution in [3.05, 3.63) is 35.6 Å². The van der Waals surface area contributed by atoms with E-state index in [2.05, 4.69) is 24.2 Å². The van der Waals surface area contributed by atoms with Crippen LogP contribution in [0.3, 0.4) is 0 Å². The Bertz CT molecular complexity index is 445. The number of nitrogens with zero attached hydrogens (tertiary/aromatic N) is 1. The largest absolute Gasteiger partial charge is 0.314 e. The van der Waals surface area contributed by atoms with E-state index >= 15 is 0 Å². The van der Waals surface area contributed by atoms with Crippen LogP contribution in [0.1, 0.15) is 38.2 Å². The Morgan fingerprint density at radius 1 is 1.19 bits per heavy atom. The summed E-state index contributed by atoms with van der Waals surface area (Å²) in [4.78, 5) is 2.59. The van der Waals surface area contributed by atoms with Crippen molar-refractivity contribution in [3.63, 3.8) is 0 Å². The molecule has 2 aliphatic heterocycles. The van der Waals surface area contributed by atoms with Crippen LogP contribution in [0, 0.1) is 11.7 Å². The molecule has 3 unspecified atom stereocenters. The molecule has 2 fully saturated rings. The summed E-state index contributed by atoms with van der Waals surface area (Å²) in [6, 6.07) is 9.11. The topological polar surface area (TPSA) is 15.3 Å². The highest BCUT2D eigenvalue weighted by atomic mass is 19.1. The summed E-state index contributed by atoms with van der Waals surface area (Å²) >= 11 is 0. The van der Waals surface area contributed by atoms with Crippen LogP contribution in [0.4, 0.5) is 4.39 Å². The zero-order valence-electron chi connectivity index (χ0n) is 13.2. The van der Waals surface area contributed by atoms with E-state index in [1.54, 1.807) is 12.1 Å². The van der Waals surface area contributed by atoms with Crippen LogP contribution in [0.15, 0.2) is 24.3 Å². The molecule has 2 nitrogen and oxygen atoms in total. The third-order valence-corrected chi connectivity index (χ3v) is 5.54. The van der Waals surface area contributed by atoms with Gasteiger partial charge in [0.2, 0.25) is 0 Å².